The van der Waals surface area contributed by atoms with Crippen molar-refractivity contribution in [3.8, 4) is 0 Å². The third kappa shape index (κ3) is 3.38. The number of nitrogens with one attached hydrogen (secondary N) is 1. The number of hydrogen-bond acceptors (Lipinski definition) is 2. The van der Waals surface area contributed by atoms with Crippen LogP contribution in [0.2, 0.25) is 5.02 Å². The molecular weight excluding hydrogens is 277 g/mol. The Morgan fingerprint density at radius 1 is 1.16 bits per heavy atom. The molecule has 0 unspecified atom stereocenters. The number of hydrogen-bond donors (Lipinski definition) is 1. The topological polar surface area (TPSA) is 24.9 Å². The number of rotatable bonds is 2. The van der Waals surface area contributed by atoms with Gasteiger partial charge in [-0.05, 0) is 42.8 Å². The molecule has 0 bridgehead atoms. The Labute approximate surface area is 113 Å². The molecule has 0 atom stereocenters. The van der Waals surface area contributed by atoms with Gasteiger partial charge in [0.15, 0.2) is 0 Å². The van der Waals surface area contributed by atoms with Crippen molar-refractivity contribution in [2.45, 2.75) is 13.1 Å². The second-order valence-electron chi connectivity index (χ2n) is 4.04. The standard InChI is InChI=1S/C13H10ClF3N2/c1-8-4-5-18-12(6-8)19-9-2-3-11(14)10(7-9)13(15,16)17/h2-7H,1H3,(H,18,19). The van der Waals surface area contributed by atoms with Gasteiger partial charge in [-0.2, -0.15) is 13.2 Å². The van der Waals surface area contributed by atoms with Crippen molar-refractivity contribution < 1.29 is 13.2 Å². The van der Waals surface area contributed by atoms with E-state index in [-0.39, 0.29) is 10.7 Å². The summed E-state index contributed by atoms with van der Waals surface area (Å²) in [5.74, 6) is 0.482. The molecule has 2 aromatic rings. The molecule has 2 nitrogen and oxygen atoms in total. The fourth-order valence-electron chi connectivity index (χ4n) is 1.57. The molecule has 1 aromatic heterocycles. The highest BCUT2D eigenvalue weighted by molar-refractivity contribution is 6.31. The lowest BCUT2D eigenvalue weighted by molar-refractivity contribution is -0.137. The van der Waals surface area contributed by atoms with Gasteiger partial charge in [0.2, 0.25) is 0 Å². The molecule has 0 aliphatic carbocycles. The number of halogens is 4. The molecule has 1 heterocycles. The summed E-state index contributed by atoms with van der Waals surface area (Å²) in [5, 5.41) is 2.49. The fourth-order valence-corrected chi connectivity index (χ4v) is 1.80. The molecule has 2 rings (SSSR count). The zero-order chi connectivity index (χ0) is 14.0. The monoisotopic (exact) mass is 286 g/mol. The first-order valence-corrected chi connectivity index (χ1v) is 5.80. The predicted octanol–water partition coefficient (Wildman–Crippen LogP) is 4.81. The van der Waals surface area contributed by atoms with Crippen molar-refractivity contribution in [1.29, 1.82) is 0 Å². The van der Waals surface area contributed by atoms with Crippen molar-refractivity contribution >= 4 is 23.1 Å². The Kier molecular flexibility index (Phi) is 3.66. The molecule has 0 aliphatic heterocycles. The highest BCUT2D eigenvalue weighted by Crippen LogP contribution is 2.36. The van der Waals surface area contributed by atoms with Crippen LogP contribution in [0.25, 0.3) is 0 Å². The molecule has 0 amide bonds. The number of benzene rings is 1. The van der Waals surface area contributed by atoms with Gasteiger partial charge in [-0.3, -0.25) is 0 Å². The summed E-state index contributed by atoms with van der Waals surface area (Å²) in [6.07, 6.45) is -2.90. The first-order valence-electron chi connectivity index (χ1n) is 5.43. The number of aryl methyl sites for hydroxylation is 1. The summed E-state index contributed by atoms with van der Waals surface area (Å²) in [4.78, 5) is 4.02. The fraction of sp³-hybridized carbons (Fsp3) is 0.154. The van der Waals surface area contributed by atoms with Crippen LogP contribution >= 0.6 is 11.6 Å². The molecule has 0 radical (unpaired) electrons. The Hall–Kier alpha value is -1.75. The summed E-state index contributed by atoms with van der Waals surface area (Å²) in [6.45, 7) is 1.87. The second-order valence-corrected chi connectivity index (χ2v) is 4.44. The largest absolute Gasteiger partial charge is 0.417 e. The third-order valence-electron chi connectivity index (χ3n) is 2.46. The van der Waals surface area contributed by atoms with E-state index in [1.54, 1.807) is 18.3 Å². The van der Waals surface area contributed by atoms with E-state index >= 15 is 0 Å². The molecule has 0 saturated carbocycles. The average molecular weight is 287 g/mol. The van der Waals surface area contributed by atoms with Gasteiger partial charge in [-0.25, -0.2) is 4.98 Å². The minimum absolute atomic E-state index is 0.287. The Balaban J connectivity index is 2.32. The molecule has 0 spiro atoms. The molecule has 6 heteroatoms. The lowest BCUT2D eigenvalue weighted by Gasteiger charge is -2.12. The van der Waals surface area contributed by atoms with Gasteiger partial charge < -0.3 is 5.32 Å². The van der Waals surface area contributed by atoms with Crippen molar-refractivity contribution in [3.05, 3.63) is 52.7 Å². The Morgan fingerprint density at radius 2 is 1.89 bits per heavy atom. The van der Waals surface area contributed by atoms with Crippen LogP contribution in [0.15, 0.2) is 36.5 Å². The maximum Gasteiger partial charge on any atom is 0.417 e. The Morgan fingerprint density at radius 3 is 2.53 bits per heavy atom. The zero-order valence-corrected chi connectivity index (χ0v) is 10.7. The lowest BCUT2D eigenvalue weighted by Crippen LogP contribution is -2.06. The van der Waals surface area contributed by atoms with Crippen LogP contribution in [0.4, 0.5) is 24.7 Å². The van der Waals surface area contributed by atoms with E-state index in [1.165, 1.54) is 12.1 Å². The van der Waals surface area contributed by atoms with Crippen LogP contribution in [0.5, 0.6) is 0 Å². The summed E-state index contributed by atoms with van der Waals surface area (Å²) < 4.78 is 38.1. The van der Waals surface area contributed by atoms with E-state index in [1.807, 2.05) is 6.92 Å². The number of aromatic nitrogens is 1. The minimum atomic E-state index is -4.48. The molecule has 0 saturated heterocycles. The van der Waals surface area contributed by atoms with Gasteiger partial charge in [-0.1, -0.05) is 11.6 Å². The first kappa shape index (κ1) is 13.7. The normalized spacial score (nSPS) is 11.4. The Bertz CT molecular complexity index is 597. The maximum absolute atomic E-state index is 12.7. The third-order valence-corrected chi connectivity index (χ3v) is 2.79. The average Bonchev–Trinajstić information content (AvgIpc) is 2.30. The summed E-state index contributed by atoms with van der Waals surface area (Å²) >= 11 is 5.55. The summed E-state index contributed by atoms with van der Waals surface area (Å²) in [5.41, 5.74) is 0.379. The number of alkyl halides is 3. The predicted molar refractivity (Wildman–Crippen MR) is 68.7 cm³/mol. The number of pyridine rings is 1. The molecule has 1 aromatic carbocycles. The van der Waals surface area contributed by atoms with Crippen LogP contribution < -0.4 is 5.32 Å². The molecule has 1 N–H and O–H groups in total. The van der Waals surface area contributed by atoms with Crippen molar-refractivity contribution in [3.63, 3.8) is 0 Å². The van der Waals surface area contributed by atoms with E-state index in [2.05, 4.69) is 10.3 Å². The van der Waals surface area contributed by atoms with Crippen LogP contribution in [0.3, 0.4) is 0 Å². The SMILES string of the molecule is Cc1ccnc(Nc2ccc(Cl)c(C(F)(F)F)c2)c1. The number of anilines is 2. The van der Waals surface area contributed by atoms with Crippen LogP contribution in [0.1, 0.15) is 11.1 Å². The lowest BCUT2D eigenvalue weighted by atomic mass is 10.2. The number of nitrogens with zero attached hydrogens (tertiary/aromatic N) is 1. The first-order chi connectivity index (χ1) is 8.86. The van der Waals surface area contributed by atoms with E-state index in [4.69, 9.17) is 11.6 Å². The zero-order valence-electron chi connectivity index (χ0n) is 9.92. The van der Waals surface area contributed by atoms with Gasteiger partial charge in [-0.15, -0.1) is 0 Å². The molecule has 0 fully saturated rings. The highest BCUT2D eigenvalue weighted by atomic mass is 35.5. The molecule has 19 heavy (non-hydrogen) atoms. The van der Waals surface area contributed by atoms with E-state index in [9.17, 15) is 13.2 Å². The summed E-state index contributed by atoms with van der Waals surface area (Å²) in [7, 11) is 0. The smallest absolute Gasteiger partial charge is 0.340 e. The van der Waals surface area contributed by atoms with Crippen molar-refractivity contribution in [1.82, 2.24) is 4.98 Å². The van der Waals surface area contributed by atoms with Gasteiger partial charge in [0.05, 0.1) is 10.6 Å². The van der Waals surface area contributed by atoms with Gasteiger partial charge >= 0.3 is 6.18 Å². The van der Waals surface area contributed by atoms with E-state index in [0.717, 1.165) is 11.6 Å². The van der Waals surface area contributed by atoms with Gasteiger partial charge in [0, 0.05) is 11.9 Å². The quantitative estimate of drug-likeness (QED) is 0.857. The van der Waals surface area contributed by atoms with Crippen LogP contribution in [-0.2, 0) is 6.18 Å². The van der Waals surface area contributed by atoms with Crippen LogP contribution in [0, 0.1) is 6.92 Å². The summed E-state index contributed by atoms with van der Waals surface area (Å²) in [6, 6.07) is 7.19. The van der Waals surface area contributed by atoms with Crippen molar-refractivity contribution in [2.75, 3.05) is 5.32 Å². The van der Waals surface area contributed by atoms with Crippen molar-refractivity contribution in [2.24, 2.45) is 0 Å². The van der Waals surface area contributed by atoms with Crippen LogP contribution in [-0.4, -0.2) is 4.98 Å². The molecule has 100 valence electrons. The second kappa shape index (κ2) is 5.09. The molecular formula is C13H10ClF3N2. The highest BCUT2D eigenvalue weighted by Gasteiger charge is 2.33. The van der Waals surface area contributed by atoms with Gasteiger partial charge in [0.25, 0.3) is 0 Å². The molecule has 0 aliphatic rings. The minimum Gasteiger partial charge on any atom is -0.340 e. The van der Waals surface area contributed by atoms with E-state index < -0.39 is 11.7 Å². The maximum atomic E-state index is 12.7. The van der Waals surface area contributed by atoms with Gasteiger partial charge in [0.1, 0.15) is 5.82 Å². The van der Waals surface area contributed by atoms with E-state index in [0.29, 0.717) is 5.82 Å².